The summed E-state index contributed by atoms with van der Waals surface area (Å²) < 4.78 is 86.5. The average molecular weight is 424 g/mol. The van der Waals surface area contributed by atoms with Gasteiger partial charge in [0.15, 0.2) is 18.2 Å². The Bertz CT molecular complexity index is 796. The molecule has 0 atom stereocenters. The molecule has 1 aromatic rings. The predicted molar refractivity (Wildman–Crippen MR) is 88.9 cm³/mol. The van der Waals surface area contributed by atoms with Crippen LogP contribution in [0.4, 0.5) is 26.3 Å². The molecule has 0 N–H and O–H groups in total. The second-order valence-electron chi connectivity index (χ2n) is 6.38. The third-order valence-electron chi connectivity index (χ3n) is 4.10. The van der Waals surface area contributed by atoms with Crippen LogP contribution in [0, 0.1) is 5.92 Å². The molecule has 1 aliphatic carbocycles. The maximum Gasteiger partial charge on any atom is 0.416 e. The number of ether oxygens (including phenoxy) is 2. The summed E-state index contributed by atoms with van der Waals surface area (Å²) in [6.07, 6.45) is -7.01. The van der Waals surface area contributed by atoms with Gasteiger partial charge in [-0.3, -0.25) is 9.59 Å². The Morgan fingerprint density at radius 3 is 2.34 bits per heavy atom. The number of ketones is 2. The molecule has 2 rings (SSSR count). The molecule has 1 aliphatic rings. The molecule has 0 aromatic heterocycles. The Labute approximate surface area is 162 Å². The highest BCUT2D eigenvalue weighted by atomic mass is 19.4. The van der Waals surface area contributed by atoms with Gasteiger partial charge in [0.1, 0.15) is 5.57 Å². The number of rotatable bonds is 10. The van der Waals surface area contributed by atoms with Crippen molar-refractivity contribution in [1.29, 1.82) is 0 Å². The first-order chi connectivity index (χ1) is 13.5. The van der Waals surface area contributed by atoms with Crippen LogP contribution >= 0.6 is 0 Å². The fourth-order valence-electron chi connectivity index (χ4n) is 2.43. The summed E-state index contributed by atoms with van der Waals surface area (Å²) >= 11 is 0. The van der Waals surface area contributed by atoms with E-state index in [1.165, 1.54) is 0 Å². The van der Waals surface area contributed by atoms with Crippen molar-refractivity contribution < 1.29 is 45.4 Å². The smallest absolute Gasteiger partial charge is 0.416 e. The van der Waals surface area contributed by atoms with Gasteiger partial charge in [0, 0.05) is 11.5 Å². The predicted octanol–water partition coefficient (Wildman–Crippen LogP) is 4.87. The molecule has 29 heavy (non-hydrogen) atoms. The van der Waals surface area contributed by atoms with E-state index in [0.717, 1.165) is 12.3 Å². The number of hydrogen-bond acceptors (Lipinski definition) is 4. The molecule has 0 heterocycles. The Hall–Kier alpha value is -2.36. The van der Waals surface area contributed by atoms with Crippen LogP contribution < -0.4 is 0 Å². The molecule has 0 unspecified atom stereocenters. The lowest BCUT2D eigenvalue weighted by Crippen LogP contribution is -2.24. The molecule has 10 heteroatoms. The fourth-order valence-corrected chi connectivity index (χ4v) is 2.43. The minimum absolute atomic E-state index is 0.125. The molecule has 160 valence electrons. The van der Waals surface area contributed by atoms with Crippen LogP contribution in [0.5, 0.6) is 0 Å². The lowest BCUT2D eigenvalue weighted by molar-refractivity contribution is -0.252. The van der Waals surface area contributed by atoms with Crippen molar-refractivity contribution in [2.75, 3.05) is 13.3 Å². The van der Waals surface area contributed by atoms with Gasteiger partial charge in [0.25, 0.3) is 0 Å². The highest BCUT2D eigenvalue weighted by Gasteiger charge is 2.37. The Balaban J connectivity index is 2.44. The molecular weight excluding hydrogens is 406 g/mol. The van der Waals surface area contributed by atoms with Crippen LogP contribution in [0.15, 0.2) is 30.0 Å². The van der Waals surface area contributed by atoms with Crippen molar-refractivity contribution in [2.45, 2.75) is 38.7 Å². The van der Waals surface area contributed by atoms with Crippen molar-refractivity contribution in [3.05, 3.63) is 46.7 Å². The fraction of sp³-hybridized carbons (Fsp3) is 0.474. The van der Waals surface area contributed by atoms with Crippen LogP contribution in [0.25, 0.3) is 0 Å². The molecular formula is C19H18F6O4. The topological polar surface area (TPSA) is 52.6 Å². The normalized spacial score (nSPS) is 15.3. The number of halogens is 6. The molecule has 0 spiro atoms. The zero-order valence-electron chi connectivity index (χ0n) is 15.3. The van der Waals surface area contributed by atoms with Crippen molar-refractivity contribution in [2.24, 2.45) is 5.92 Å². The van der Waals surface area contributed by atoms with Gasteiger partial charge in [0.2, 0.25) is 0 Å². The zero-order chi connectivity index (χ0) is 21.8. The van der Waals surface area contributed by atoms with Crippen LogP contribution in [0.1, 0.15) is 41.3 Å². The van der Waals surface area contributed by atoms with Crippen molar-refractivity contribution in [3.63, 3.8) is 0 Å². The van der Waals surface area contributed by atoms with Gasteiger partial charge < -0.3 is 9.47 Å². The number of carbonyl (C=O) groups excluding carboxylic acids is 2. The van der Waals surface area contributed by atoms with Crippen LogP contribution in [0.2, 0.25) is 0 Å². The van der Waals surface area contributed by atoms with E-state index in [-0.39, 0.29) is 6.61 Å². The lowest BCUT2D eigenvalue weighted by atomic mass is 9.94. The molecule has 0 radical (unpaired) electrons. The number of alkyl halides is 6. The van der Waals surface area contributed by atoms with Crippen molar-refractivity contribution in [1.82, 2.24) is 0 Å². The Kier molecular flexibility index (Phi) is 7.10. The summed E-state index contributed by atoms with van der Waals surface area (Å²) in [4.78, 5) is 25.2. The lowest BCUT2D eigenvalue weighted by Gasteiger charge is -2.17. The number of Topliss-reactive ketones (excluding diaryl/α,β-unsaturated/α-hetero) is 2. The van der Waals surface area contributed by atoms with Crippen molar-refractivity contribution >= 4 is 11.6 Å². The second kappa shape index (κ2) is 8.98. The Morgan fingerprint density at radius 1 is 1.17 bits per heavy atom. The minimum Gasteiger partial charge on any atom is -0.501 e. The number of benzene rings is 1. The van der Waals surface area contributed by atoms with Gasteiger partial charge in [-0.25, -0.2) is 4.39 Å². The number of carbonyl (C=O) groups is 2. The first-order valence-corrected chi connectivity index (χ1v) is 8.68. The molecule has 0 amide bonds. The van der Waals surface area contributed by atoms with E-state index in [4.69, 9.17) is 4.74 Å². The first kappa shape index (κ1) is 22.9. The monoisotopic (exact) mass is 424 g/mol. The Morgan fingerprint density at radius 2 is 1.83 bits per heavy atom. The summed E-state index contributed by atoms with van der Waals surface area (Å²) in [5.74, 6) is -1.91. The van der Waals surface area contributed by atoms with Crippen molar-refractivity contribution in [3.8, 4) is 0 Å². The molecule has 0 saturated heterocycles. The zero-order valence-corrected chi connectivity index (χ0v) is 15.3. The summed E-state index contributed by atoms with van der Waals surface area (Å²) in [6, 6.07) is 1.82. The quantitative estimate of drug-likeness (QED) is 0.134. The number of allylic oxidation sites excluding steroid dienone is 1. The third kappa shape index (κ3) is 6.06. The standard InChI is InChI=1S/C19H18F6O4/c1-2-28-9-15(16(26)11-3-4-11)17(27)14-6-5-13(19(23,24)25)7-12(14)8-29-18(21,22)10-20/h5-7,9,11H,2-4,8,10H2,1H3/b15-9-. The van der Waals surface area contributed by atoms with E-state index < -0.39 is 65.3 Å². The largest absolute Gasteiger partial charge is 0.501 e. The highest BCUT2D eigenvalue weighted by molar-refractivity contribution is 6.27. The first-order valence-electron chi connectivity index (χ1n) is 8.68. The molecule has 1 saturated carbocycles. The van der Waals surface area contributed by atoms with E-state index in [1.54, 1.807) is 6.92 Å². The van der Waals surface area contributed by atoms with Gasteiger partial charge in [-0.2, -0.15) is 22.0 Å². The second-order valence-corrected chi connectivity index (χ2v) is 6.38. The maximum atomic E-state index is 13.1. The summed E-state index contributed by atoms with van der Waals surface area (Å²) in [5, 5.41) is 0. The average Bonchev–Trinajstić information content (AvgIpc) is 3.50. The van der Waals surface area contributed by atoms with Gasteiger partial charge in [-0.15, -0.1) is 0 Å². The van der Waals surface area contributed by atoms with E-state index >= 15 is 0 Å². The van der Waals surface area contributed by atoms with E-state index in [1.807, 2.05) is 0 Å². The maximum absolute atomic E-state index is 13.1. The third-order valence-corrected chi connectivity index (χ3v) is 4.10. The summed E-state index contributed by atoms with van der Waals surface area (Å²) in [6.45, 7) is -1.64. The van der Waals surface area contributed by atoms with Gasteiger partial charge in [0.05, 0.1) is 25.0 Å². The van der Waals surface area contributed by atoms with E-state index in [9.17, 15) is 35.9 Å². The molecule has 1 aromatic carbocycles. The SMILES string of the molecule is CCO/C=C(\C(=O)c1ccc(C(F)(F)F)cc1COC(F)(F)CF)C(=O)C1CC1. The van der Waals surface area contributed by atoms with Gasteiger partial charge in [-0.05, 0) is 37.5 Å². The molecule has 0 aliphatic heterocycles. The highest BCUT2D eigenvalue weighted by Crippen LogP contribution is 2.35. The molecule has 0 bridgehead atoms. The van der Waals surface area contributed by atoms with Crippen LogP contribution in [-0.4, -0.2) is 31.0 Å². The number of hydrogen-bond donors (Lipinski definition) is 0. The minimum atomic E-state index is -4.81. The molecule has 4 nitrogen and oxygen atoms in total. The molecule has 1 fully saturated rings. The van der Waals surface area contributed by atoms with E-state index in [2.05, 4.69) is 4.74 Å². The van der Waals surface area contributed by atoms with Crippen LogP contribution in [-0.2, 0) is 27.1 Å². The summed E-state index contributed by atoms with van der Waals surface area (Å²) in [7, 11) is 0. The summed E-state index contributed by atoms with van der Waals surface area (Å²) in [5.41, 5.74) is -2.59. The van der Waals surface area contributed by atoms with Crippen LogP contribution in [0.3, 0.4) is 0 Å². The van der Waals surface area contributed by atoms with E-state index in [0.29, 0.717) is 25.0 Å². The van der Waals surface area contributed by atoms with Gasteiger partial charge >= 0.3 is 12.3 Å². The van der Waals surface area contributed by atoms with Gasteiger partial charge in [-0.1, -0.05) is 6.07 Å².